The highest BCUT2D eigenvalue weighted by molar-refractivity contribution is 5.90. The van der Waals surface area contributed by atoms with Crippen molar-refractivity contribution in [1.82, 2.24) is 0 Å². The fourth-order valence-corrected chi connectivity index (χ4v) is 1.88. The molecule has 2 heterocycles. The third kappa shape index (κ3) is 2.51. The van der Waals surface area contributed by atoms with E-state index in [9.17, 15) is 0 Å². The van der Waals surface area contributed by atoms with Gasteiger partial charge in [0.25, 0.3) is 0 Å². The fraction of sp³-hybridized carbons (Fsp3) is 0.692. The second-order valence-electron chi connectivity index (χ2n) is 5.41. The first-order chi connectivity index (χ1) is 7.88. The minimum Gasteiger partial charge on any atom is -0.475 e. The molecule has 2 aliphatic heterocycles. The van der Waals surface area contributed by atoms with Gasteiger partial charge in [0.15, 0.2) is 11.8 Å². The maximum Gasteiger partial charge on any atom is 0.191 e. The lowest BCUT2D eigenvalue weighted by Crippen LogP contribution is -2.29. The summed E-state index contributed by atoms with van der Waals surface area (Å²) >= 11 is 0. The van der Waals surface area contributed by atoms with Gasteiger partial charge in [-0.2, -0.15) is 0 Å². The van der Waals surface area contributed by atoms with E-state index in [1.807, 2.05) is 6.92 Å². The van der Waals surface area contributed by atoms with Crippen molar-refractivity contribution < 1.29 is 9.47 Å². The molecule has 4 nitrogen and oxygen atoms in total. The molecule has 0 fully saturated rings. The average Bonchev–Trinajstić information content (AvgIpc) is 2.75. The van der Waals surface area contributed by atoms with E-state index in [0.717, 1.165) is 11.8 Å². The van der Waals surface area contributed by atoms with Gasteiger partial charge in [-0.3, -0.25) is 0 Å². The molecule has 0 aliphatic carbocycles. The minimum absolute atomic E-state index is 0.158. The molecule has 0 bridgehead atoms. The van der Waals surface area contributed by atoms with Gasteiger partial charge in [0, 0.05) is 11.8 Å². The van der Waals surface area contributed by atoms with Gasteiger partial charge in [-0.25, -0.2) is 9.98 Å². The highest BCUT2D eigenvalue weighted by Crippen LogP contribution is 2.31. The minimum atomic E-state index is -0.178. The van der Waals surface area contributed by atoms with Crippen LogP contribution in [-0.4, -0.2) is 30.5 Å². The summed E-state index contributed by atoms with van der Waals surface area (Å²) < 4.78 is 11.2. The number of hydrogen-bond acceptors (Lipinski definition) is 4. The van der Waals surface area contributed by atoms with Crippen LogP contribution >= 0.6 is 0 Å². The molecule has 2 aliphatic rings. The second kappa shape index (κ2) is 4.17. The Hall–Kier alpha value is -1.32. The number of nitrogens with zero attached hydrogens (tertiary/aromatic N) is 2. The summed E-state index contributed by atoms with van der Waals surface area (Å²) in [5.74, 6) is 2.26. The van der Waals surface area contributed by atoms with E-state index in [2.05, 4.69) is 37.3 Å². The SMILES string of the molecule is C=C1CN=C(CC(C)(C)C2=NC(C)C(C)O2)O1. The molecule has 0 spiro atoms. The molecule has 0 N–H and O–H groups in total. The van der Waals surface area contributed by atoms with E-state index >= 15 is 0 Å². The van der Waals surface area contributed by atoms with Crippen molar-refractivity contribution in [1.29, 1.82) is 0 Å². The molecule has 0 amide bonds. The van der Waals surface area contributed by atoms with Crippen molar-refractivity contribution >= 4 is 11.8 Å². The molecule has 0 saturated carbocycles. The van der Waals surface area contributed by atoms with Crippen LogP contribution in [-0.2, 0) is 9.47 Å². The van der Waals surface area contributed by atoms with Crippen LogP contribution in [0.4, 0.5) is 0 Å². The Morgan fingerprint density at radius 2 is 2.12 bits per heavy atom. The molecule has 17 heavy (non-hydrogen) atoms. The average molecular weight is 236 g/mol. The van der Waals surface area contributed by atoms with E-state index in [1.54, 1.807) is 0 Å². The number of ether oxygens (including phenoxy) is 2. The summed E-state index contributed by atoms with van der Waals surface area (Å²) in [6.07, 6.45) is 0.857. The Labute approximate surface area is 102 Å². The van der Waals surface area contributed by atoms with Gasteiger partial charge in [0.1, 0.15) is 18.4 Å². The molecule has 2 rings (SSSR count). The summed E-state index contributed by atoms with van der Waals surface area (Å²) in [5, 5.41) is 0. The van der Waals surface area contributed by atoms with E-state index in [0.29, 0.717) is 18.7 Å². The quantitative estimate of drug-likeness (QED) is 0.755. The van der Waals surface area contributed by atoms with Crippen molar-refractivity contribution in [3.63, 3.8) is 0 Å². The Morgan fingerprint density at radius 1 is 1.41 bits per heavy atom. The molecule has 0 aromatic heterocycles. The lowest BCUT2D eigenvalue weighted by molar-refractivity contribution is 0.193. The normalized spacial score (nSPS) is 28.6. The van der Waals surface area contributed by atoms with Gasteiger partial charge in [-0.1, -0.05) is 20.4 Å². The predicted octanol–water partition coefficient (Wildman–Crippen LogP) is 2.55. The van der Waals surface area contributed by atoms with E-state index < -0.39 is 0 Å². The summed E-state index contributed by atoms with van der Waals surface area (Å²) in [6, 6.07) is 0.227. The first-order valence-electron chi connectivity index (χ1n) is 6.02. The smallest absolute Gasteiger partial charge is 0.191 e. The molecule has 94 valence electrons. The van der Waals surface area contributed by atoms with Crippen molar-refractivity contribution in [3.05, 3.63) is 12.3 Å². The monoisotopic (exact) mass is 236 g/mol. The molecule has 4 heteroatoms. The van der Waals surface area contributed by atoms with Crippen LogP contribution < -0.4 is 0 Å². The Kier molecular flexibility index (Phi) is 2.98. The van der Waals surface area contributed by atoms with Gasteiger partial charge in [-0.05, 0) is 13.8 Å². The van der Waals surface area contributed by atoms with E-state index in [4.69, 9.17) is 9.47 Å². The highest BCUT2D eigenvalue weighted by atomic mass is 16.5. The predicted molar refractivity (Wildman–Crippen MR) is 68.4 cm³/mol. The van der Waals surface area contributed by atoms with Crippen LogP contribution in [0.3, 0.4) is 0 Å². The van der Waals surface area contributed by atoms with Gasteiger partial charge in [0.05, 0.1) is 6.04 Å². The lowest BCUT2D eigenvalue weighted by Gasteiger charge is -2.24. The third-order valence-corrected chi connectivity index (χ3v) is 3.16. The summed E-state index contributed by atoms with van der Waals surface area (Å²) in [6.45, 7) is 12.6. The molecule has 2 atom stereocenters. The summed E-state index contributed by atoms with van der Waals surface area (Å²) in [7, 11) is 0. The zero-order valence-electron chi connectivity index (χ0n) is 11.0. The first kappa shape index (κ1) is 12.1. The molecule has 2 unspecified atom stereocenters. The first-order valence-corrected chi connectivity index (χ1v) is 6.02. The topological polar surface area (TPSA) is 43.2 Å². The fourth-order valence-electron chi connectivity index (χ4n) is 1.88. The summed E-state index contributed by atoms with van der Waals surface area (Å²) in [4.78, 5) is 8.86. The van der Waals surface area contributed by atoms with Crippen molar-refractivity contribution in [2.24, 2.45) is 15.4 Å². The maximum atomic E-state index is 5.79. The van der Waals surface area contributed by atoms with Crippen LogP contribution in [0.25, 0.3) is 0 Å². The maximum absolute atomic E-state index is 5.79. The number of rotatable bonds is 3. The van der Waals surface area contributed by atoms with E-state index in [-0.39, 0.29) is 17.6 Å². The molecule has 0 aromatic carbocycles. The Balaban J connectivity index is 2.04. The van der Waals surface area contributed by atoms with Crippen LogP contribution in [0.15, 0.2) is 22.3 Å². The number of hydrogen-bond donors (Lipinski definition) is 0. The number of aliphatic imine (C=N–C) groups is 2. The van der Waals surface area contributed by atoms with Crippen molar-refractivity contribution in [3.8, 4) is 0 Å². The Bertz CT molecular complexity index is 396. The molecule has 0 radical (unpaired) electrons. The Morgan fingerprint density at radius 3 is 2.59 bits per heavy atom. The van der Waals surface area contributed by atoms with Crippen LogP contribution in [0, 0.1) is 5.41 Å². The van der Waals surface area contributed by atoms with Gasteiger partial charge < -0.3 is 9.47 Å². The lowest BCUT2D eigenvalue weighted by atomic mass is 9.89. The molecule has 0 aromatic rings. The summed E-state index contributed by atoms with van der Waals surface area (Å²) in [5.41, 5.74) is -0.178. The molecular formula is C13H20N2O2. The highest BCUT2D eigenvalue weighted by Gasteiger charge is 2.36. The zero-order valence-corrected chi connectivity index (χ0v) is 11.0. The van der Waals surface area contributed by atoms with Crippen LogP contribution in [0.2, 0.25) is 0 Å². The standard InChI is InChI=1S/C13H20N2O2/c1-8-7-14-11(16-8)6-13(4,5)12-15-9(2)10(3)17-12/h9-10H,1,6-7H2,2-5H3. The van der Waals surface area contributed by atoms with Gasteiger partial charge in [0.2, 0.25) is 0 Å². The van der Waals surface area contributed by atoms with Crippen molar-refractivity contribution in [2.75, 3.05) is 6.54 Å². The zero-order chi connectivity index (χ0) is 12.6. The largest absolute Gasteiger partial charge is 0.475 e. The van der Waals surface area contributed by atoms with Crippen molar-refractivity contribution in [2.45, 2.75) is 46.3 Å². The molecular weight excluding hydrogens is 216 g/mol. The molecule has 0 saturated heterocycles. The van der Waals surface area contributed by atoms with Crippen LogP contribution in [0.5, 0.6) is 0 Å². The third-order valence-electron chi connectivity index (χ3n) is 3.16. The van der Waals surface area contributed by atoms with Gasteiger partial charge in [-0.15, -0.1) is 0 Å². The second-order valence-corrected chi connectivity index (χ2v) is 5.41. The van der Waals surface area contributed by atoms with Crippen LogP contribution in [0.1, 0.15) is 34.1 Å². The van der Waals surface area contributed by atoms with Gasteiger partial charge >= 0.3 is 0 Å². The van der Waals surface area contributed by atoms with E-state index in [1.165, 1.54) is 0 Å².